The van der Waals surface area contributed by atoms with Gasteiger partial charge in [0, 0.05) is 36.1 Å². The summed E-state index contributed by atoms with van der Waals surface area (Å²) < 4.78 is 0. The van der Waals surface area contributed by atoms with Crippen LogP contribution in [0.2, 0.25) is 0 Å². The number of azo groups is 1. The molecule has 0 unspecified atom stereocenters. The molecule has 0 saturated heterocycles. The SMILES string of the molecule is C=C(/C=C(\C=C/N)N(C)C)C(=O)N=Nc1[nH]c(N)c2ccccc12. The van der Waals surface area contributed by atoms with Gasteiger partial charge in [-0.25, -0.2) is 0 Å². The van der Waals surface area contributed by atoms with Crippen molar-refractivity contribution in [1.82, 2.24) is 9.88 Å². The highest BCUT2D eigenvalue weighted by Crippen LogP contribution is 2.30. The van der Waals surface area contributed by atoms with Crippen molar-refractivity contribution in [2.24, 2.45) is 16.0 Å². The van der Waals surface area contributed by atoms with Crippen LogP contribution in [0.15, 0.2) is 70.7 Å². The van der Waals surface area contributed by atoms with Gasteiger partial charge in [0.15, 0.2) is 5.82 Å². The van der Waals surface area contributed by atoms with Gasteiger partial charge in [-0.3, -0.25) is 4.79 Å². The fraction of sp³-hybridized carbons (Fsp3) is 0.118. The zero-order valence-electron chi connectivity index (χ0n) is 13.7. The lowest BCUT2D eigenvalue weighted by Gasteiger charge is -2.13. The van der Waals surface area contributed by atoms with E-state index in [1.807, 2.05) is 38.4 Å². The van der Waals surface area contributed by atoms with Crippen molar-refractivity contribution in [3.8, 4) is 0 Å². The zero-order valence-corrected chi connectivity index (χ0v) is 13.7. The van der Waals surface area contributed by atoms with Gasteiger partial charge in [0.05, 0.1) is 0 Å². The van der Waals surface area contributed by atoms with Crippen LogP contribution in [0.1, 0.15) is 0 Å². The van der Waals surface area contributed by atoms with Gasteiger partial charge >= 0.3 is 0 Å². The molecule has 1 amide bonds. The van der Waals surface area contributed by atoms with Gasteiger partial charge in [-0.05, 0) is 18.4 Å². The van der Waals surface area contributed by atoms with Gasteiger partial charge in [-0.2, -0.15) is 0 Å². The number of hydrogen-bond acceptors (Lipinski definition) is 5. The summed E-state index contributed by atoms with van der Waals surface area (Å²) in [7, 11) is 3.66. The molecular formula is C17H20N6O. The minimum atomic E-state index is -0.544. The van der Waals surface area contributed by atoms with Crippen molar-refractivity contribution in [2.75, 3.05) is 19.8 Å². The first-order valence-electron chi connectivity index (χ1n) is 7.22. The number of amides is 1. The van der Waals surface area contributed by atoms with Gasteiger partial charge in [-0.15, -0.1) is 10.2 Å². The lowest BCUT2D eigenvalue weighted by molar-refractivity contribution is -0.114. The van der Waals surface area contributed by atoms with E-state index in [4.69, 9.17) is 11.5 Å². The molecule has 7 heteroatoms. The fourth-order valence-corrected chi connectivity index (χ4v) is 2.09. The molecule has 0 aliphatic heterocycles. The Balaban J connectivity index is 2.23. The van der Waals surface area contributed by atoms with Crippen LogP contribution in [-0.2, 0) is 4.79 Å². The molecule has 0 fully saturated rings. The lowest BCUT2D eigenvalue weighted by Crippen LogP contribution is -2.10. The minimum absolute atomic E-state index is 0.199. The second-order valence-electron chi connectivity index (χ2n) is 5.29. The summed E-state index contributed by atoms with van der Waals surface area (Å²) in [5.74, 6) is 0.369. The van der Waals surface area contributed by atoms with Crippen LogP contribution in [-0.4, -0.2) is 29.9 Å². The molecule has 0 aliphatic rings. The molecule has 1 aromatic carbocycles. The lowest BCUT2D eigenvalue weighted by atomic mass is 10.2. The number of benzene rings is 1. The number of likely N-dealkylation sites (N-methyl/N-ethyl adjacent to an activating group) is 1. The molecule has 5 N–H and O–H groups in total. The van der Waals surface area contributed by atoms with E-state index in [1.54, 1.807) is 17.1 Å². The first-order chi connectivity index (χ1) is 11.4. The van der Waals surface area contributed by atoms with Gasteiger partial charge in [-0.1, -0.05) is 30.8 Å². The number of nitrogen functional groups attached to an aromatic ring is 1. The highest BCUT2D eigenvalue weighted by atomic mass is 16.1. The minimum Gasteiger partial charge on any atom is -0.405 e. The first-order valence-corrected chi connectivity index (χ1v) is 7.22. The van der Waals surface area contributed by atoms with E-state index in [1.165, 1.54) is 6.20 Å². The second kappa shape index (κ2) is 7.28. The largest absolute Gasteiger partial charge is 0.405 e. The molecule has 0 saturated carbocycles. The number of nitrogens with zero attached hydrogens (tertiary/aromatic N) is 3. The number of carbonyl (C=O) groups excluding carboxylic acids is 1. The maximum atomic E-state index is 12.1. The van der Waals surface area contributed by atoms with Crippen molar-refractivity contribution in [3.63, 3.8) is 0 Å². The number of aromatic nitrogens is 1. The van der Waals surface area contributed by atoms with Crippen LogP contribution < -0.4 is 11.5 Å². The molecule has 0 radical (unpaired) electrons. The van der Waals surface area contributed by atoms with Gasteiger partial charge < -0.3 is 21.4 Å². The summed E-state index contributed by atoms with van der Waals surface area (Å²) in [5.41, 5.74) is 12.2. The number of fused-ring (bicyclic) bond motifs is 1. The van der Waals surface area contributed by atoms with Crippen LogP contribution in [0, 0.1) is 0 Å². The topological polar surface area (TPSA) is 113 Å². The van der Waals surface area contributed by atoms with Crippen LogP contribution in [0.25, 0.3) is 10.8 Å². The van der Waals surface area contributed by atoms with Gasteiger partial charge in [0.25, 0.3) is 5.91 Å². The number of nitrogens with two attached hydrogens (primary N) is 2. The van der Waals surface area contributed by atoms with Crippen molar-refractivity contribution in [3.05, 3.63) is 60.5 Å². The monoisotopic (exact) mass is 324 g/mol. The molecule has 0 aliphatic carbocycles. The smallest absolute Gasteiger partial charge is 0.294 e. The summed E-state index contributed by atoms with van der Waals surface area (Å²) in [6.45, 7) is 3.72. The zero-order chi connectivity index (χ0) is 17.7. The average molecular weight is 324 g/mol. The maximum Gasteiger partial charge on any atom is 0.294 e. The van der Waals surface area contributed by atoms with Crippen LogP contribution in [0.3, 0.4) is 0 Å². The van der Waals surface area contributed by atoms with Crippen LogP contribution in [0.4, 0.5) is 11.6 Å². The number of H-pyrrole nitrogens is 1. The Labute approximate surface area is 140 Å². The summed E-state index contributed by atoms with van der Waals surface area (Å²) >= 11 is 0. The molecule has 2 rings (SSSR count). The third-order valence-electron chi connectivity index (χ3n) is 3.35. The highest BCUT2D eigenvalue weighted by molar-refractivity contribution is 6.00. The molecule has 0 bridgehead atoms. The number of rotatable bonds is 5. The normalized spacial score (nSPS) is 12.3. The molecule has 1 heterocycles. The molecule has 2 aromatic rings. The Morgan fingerprint density at radius 3 is 2.58 bits per heavy atom. The number of allylic oxidation sites excluding steroid dienone is 1. The second-order valence-corrected chi connectivity index (χ2v) is 5.29. The summed E-state index contributed by atoms with van der Waals surface area (Å²) in [4.78, 5) is 16.8. The highest BCUT2D eigenvalue weighted by Gasteiger charge is 2.09. The van der Waals surface area contributed by atoms with Crippen LogP contribution in [0.5, 0.6) is 0 Å². The predicted molar refractivity (Wildman–Crippen MR) is 96.5 cm³/mol. The molecule has 24 heavy (non-hydrogen) atoms. The van der Waals surface area contributed by atoms with Gasteiger partial charge in [0.2, 0.25) is 0 Å². The van der Waals surface area contributed by atoms with Gasteiger partial charge in [0.1, 0.15) is 5.82 Å². The summed E-state index contributed by atoms with van der Waals surface area (Å²) in [6.07, 6.45) is 4.64. The summed E-state index contributed by atoms with van der Waals surface area (Å²) in [5, 5.41) is 9.31. The third kappa shape index (κ3) is 3.70. The van der Waals surface area contributed by atoms with E-state index in [2.05, 4.69) is 21.8 Å². The quantitative estimate of drug-likeness (QED) is 0.446. The number of aromatic amines is 1. The van der Waals surface area contributed by atoms with E-state index in [0.717, 1.165) is 16.5 Å². The van der Waals surface area contributed by atoms with E-state index >= 15 is 0 Å². The molecule has 0 atom stereocenters. The number of hydrogen-bond donors (Lipinski definition) is 3. The van der Waals surface area contributed by atoms with E-state index in [9.17, 15) is 4.79 Å². The predicted octanol–water partition coefficient (Wildman–Crippen LogP) is 2.83. The van der Waals surface area contributed by atoms with E-state index in [-0.39, 0.29) is 5.57 Å². The summed E-state index contributed by atoms with van der Waals surface area (Å²) in [6, 6.07) is 7.46. The average Bonchev–Trinajstić information content (AvgIpc) is 2.88. The van der Waals surface area contributed by atoms with E-state index < -0.39 is 5.91 Å². The molecule has 7 nitrogen and oxygen atoms in total. The molecule has 124 valence electrons. The number of nitrogens with one attached hydrogen (secondary N) is 1. The Kier molecular flexibility index (Phi) is 5.16. The Hall–Kier alpha value is -3.35. The van der Waals surface area contributed by atoms with Crippen molar-refractivity contribution in [1.29, 1.82) is 0 Å². The standard InChI is InChI=1S/C17H20N6O/c1-11(10-12(8-9-18)23(2)3)17(24)22-21-16-14-7-5-4-6-13(14)15(19)20-16/h4-10,20H,1,18-19H2,2-3H3/b9-8-,12-10+,22-21?. The van der Waals surface area contributed by atoms with Crippen LogP contribution >= 0.6 is 0 Å². The molecular weight excluding hydrogens is 304 g/mol. The van der Waals surface area contributed by atoms with Crippen molar-refractivity contribution >= 4 is 28.3 Å². The van der Waals surface area contributed by atoms with Crippen molar-refractivity contribution < 1.29 is 4.79 Å². The Morgan fingerprint density at radius 2 is 1.96 bits per heavy atom. The maximum absolute atomic E-state index is 12.1. The Morgan fingerprint density at radius 1 is 1.29 bits per heavy atom. The molecule has 0 spiro atoms. The molecule has 1 aromatic heterocycles. The first kappa shape index (κ1) is 17.0. The number of anilines is 1. The third-order valence-corrected chi connectivity index (χ3v) is 3.35. The Bertz CT molecular complexity index is 857. The van der Waals surface area contributed by atoms with Crippen molar-refractivity contribution in [2.45, 2.75) is 0 Å². The number of carbonyl (C=O) groups is 1. The fourth-order valence-electron chi connectivity index (χ4n) is 2.09. The van der Waals surface area contributed by atoms with E-state index in [0.29, 0.717) is 11.6 Å².